The number of hydrogen-bond acceptors (Lipinski definition) is 1. The van der Waals surface area contributed by atoms with Gasteiger partial charge in [0.2, 0.25) is 0 Å². The summed E-state index contributed by atoms with van der Waals surface area (Å²) in [5.74, 6) is 0. The van der Waals surface area contributed by atoms with E-state index in [4.69, 9.17) is 0 Å². The number of nitrogens with one attached hydrogen (secondary N) is 2. The summed E-state index contributed by atoms with van der Waals surface area (Å²) in [6, 6.07) is 8.46. The fraction of sp³-hybridized carbons (Fsp3) is 0.333. The highest BCUT2D eigenvalue weighted by molar-refractivity contribution is 5.82. The molecule has 14 heavy (non-hydrogen) atoms. The van der Waals surface area contributed by atoms with Gasteiger partial charge in [0.25, 0.3) is 0 Å². The predicted octanol–water partition coefficient (Wildman–Crippen LogP) is 3.38. The topological polar surface area (TPSA) is 27.8 Å². The first-order valence-electron chi connectivity index (χ1n) is 4.90. The van der Waals surface area contributed by atoms with Gasteiger partial charge in [-0.2, -0.15) is 0 Å². The molecule has 2 N–H and O–H groups in total. The van der Waals surface area contributed by atoms with Crippen molar-refractivity contribution in [3.05, 3.63) is 30.5 Å². The first kappa shape index (κ1) is 9.13. The summed E-state index contributed by atoms with van der Waals surface area (Å²) < 4.78 is 0. The highest BCUT2D eigenvalue weighted by Crippen LogP contribution is 2.20. The van der Waals surface area contributed by atoms with Gasteiger partial charge in [-0.05, 0) is 44.4 Å². The number of fused-ring (bicyclic) bond motifs is 1. The average molecular weight is 188 g/mol. The maximum Gasteiger partial charge on any atom is 0.0474 e. The van der Waals surface area contributed by atoms with Crippen LogP contribution in [-0.4, -0.2) is 10.5 Å². The number of hydrogen-bond donors (Lipinski definition) is 2. The largest absolute Gasteiger partial charge is 0.380 e. The molecule has 0 aliphatic carbocycles. The monoisotopic (exact) mass is 188 g/mol. The molecule has 0 fully saturated rings. The molecule has 1 aromatic heterocycles. The molecular weight excluding hydrogens is 172 g/mol. The zero-order valence-corrected chi connectivity index (χ0v) is 8.89. The van der Waals surface area contributed by atoms with Crippen LogP contribution in [0, 0.1) is 0 Å². The Kier molecular flexibility index (Phi) is 1.99. The highest BCUT2D eigenvalue weighted by atomic mass is 14.9. The zero-order valence-electron chi connectivity index (χ0n) is 8.89. The fourth-order valence-electron chi connectivity index (χ4n) is 1.56. The lowest BCUT2D eigenvalue weighted by atomic mass is 10.1. The molecule has 2 nitrogen and oxygen atoms in total. The molecule has 0 saturated carbocycles. The molecule has 0 bridgehead atoms. The van der Waals surface area contributed by atoms with E-state index < -0.39 is 0 Å². The minimum absolute atomic E-state index is 0.111. The van der Waals surface area contributed by atoms with Crippen LogP contribution in [0.2, 0.25) is 0 Å². The summed E-state index contributed by atoms with van der Waals surface area (Å²) in [5.41, 5.74) is 2.45. The lowest BCUT2D eigenvalue weighted by Gasteiger charge is -2.22. The van der Waals surface area contributed by atoms with E-state index in [9.17, 15) is 0 Å². The first-order valence-corrected chi connectivity index (χ1v) is 4.90. The molecule has 0 radical (unpaired) electrons. The molecule has 0 atom stereocenters. The minimum Gasteiger partial charge on any atom is -0.380 e. The molecule has 2 aromatic rings. The van der Waals surface area contributed by atoms with Crippen molar-refractivity contribution in [1.29, 1.82) is 0 Å². The van der Waals surface area contributed by atoms with Crippen molar-refractivity contribution in [3.63, 3.8) is 0 Å². The van der Waals surface area contributed by atoms with Gasteiger partial charge in [-0.3, -0.25) is 0 Å². The summed E-state index contributed by atoms with van der Waals surface area (Å²) in [6.45, 7) is 6.48. The summed E-state index contributed by atoms with van der Waals surface area (Å²) in [5, 5.41) is 4.70. The maximum absolute atomic E-state index is 3.44. The second kappa shape index (κ2) is 3.05. The number of aromatic amines is 1. The Morgan fingerprint density at radius 3 is 2.64 bits per heavy atom. The van der Waals surface area contributed by atoms with Crippen molar-refractivity contribution in [2.75, 3.05) is 5.32 Å². The number of anilines is 1. The highest BCUT2D eigenvalue weighted by Gasteiger charge is 2.09. The Morgan fingerprint density at radius 2 is 1.93 bits per heavy atom. The summed E-state index contributed by atoms with van der Waals surface area (Å²) in [6.07, 6.45) is 1.96. The van der Waals surface area contributed by atoms with Crippen LogP contribution >= 0.6 is 0 Å². The van der Waals surface area contributed by atoms with Crippen molar-refractivity contribution in [2.45, 2.75) is 26.3 Å². The normalized spacial score (nSPS) is 11.9. The number of aromatic nitrogens is 1. The van der Waals surface area contributed by atoms with Crippen LogP contribution < -0.4 is 5.32 Å². The quantitative estimate of drug-likeness (QED) is 0.705. The van der Waals surface area contributed by atoms with E-state index in [1.807, 2.05) is 6.20 Å². The van der Waals surface area contributed by atoms with Gasteiger partial charge in [-0.1, -0.05) is 6.07 Å². The standard InChI is InChI=1S/C12H16N2/c1-12(2,3)14-10-5-4-9-6-7-13-11(9)8-10/h4-8,13-14H,1-3H3. The van der Waals surface area contributed by atoms with Crippen LogP contribution in [0.15, 0.2) is 30.5 Å². The van der Waals surface area contributed by atoms with Gasteiger partial charge in [0, 0.05) is 22.9 Å². The molecule has 0 aliphatic rings. The molecule has 2 heteroatoms. The molecular formula is C12H16N2. The molecule has 2 rings (SSSR count). The lowest BCUT2D eigenvalue weighted by Crippen LogP contribution is -2.25. The minimum atomic E-state index is 0.111. The lowest BCUT2D eigenvalue weighted by molar-refractivity contribution is 0.634. The fourth-order valence-corrected chi connectivity index (χ4v) is 1.56. The second-order valence-electron chi connectivity index (χ2n) is 4.65. The SMILES string of the molecule is CC(C)(C)Nc1ccc2cc[nH]c2c1. The summed E-state index contributed by atoms with van der Waals surface area (Å²) >= 11 is 0. The van der Waals surface area contributed by atoms with E-state index in [1.54, 1.807) is 0 Å². The van der Waals surface area contributed by atoms with Crippen LogP contribution in [0.1, 0.15) is 20.8 Å². The molecule has 0 aliphatic heterocycles. The smallest absolute Gasteiger partial charge is 0.0474 e. The van der Waals surface area contributed by atoms with E-state index in [2.05, 4.69) is 55.3 Å². The first-order chi connectivity index (χ1) is 6.54. The van der Waals surface area contributed by atoms with E-state index in [-0.39, 0.29) is 5.54 Å². The van der Waals surface area contributed by atoms with Gasteiger partial charge in [-0.15, -0.1) is 0 Å². The molecule has 0 saturated heterocycles. The van der Waals surface area contributed by atoms with Crippen molar-refractivity contribution in [3.8, 4) is 0 Å². The van der Waals surface area contributed by atoms with Crippen molar-refractivity contribution in [2.24, 2.45) is 0 Å². The van der Waals surface area contributed by atoms with Crippen molar-refractivity contribution >= 4 is 16.6 Å². The van der Waals surface area contributed by atoms with E-state index in [0.29, 0.717) is 0 Å². The average Bonchev–Trinajstić information content (AvgIpc) is 2.47. The number of benzene rings is 1. The summed E-state index contributed by atoms with van der Waals surface area (Å²) in [7, 11) is 0. The molecule has 0 spiro atoms. The Labute approximate surface area is 84.3 Å². The van der Waals surface area contributed by atoms with Crippen molar-refractivity contribution < 1.29 is 0 Å². The van der Waals surface area contributed by atoms with E-state index in [0.717, 1.165) is 5.69 Å². The molecule has 0 amide bonds. The van der Waals surface area contributed by atoms with Crippen LogP contribution in [-0.2, 0) is 0 Å². The van der Waals surface area contributed by atoms with E-state index >= 15 is 0 Å². The molecule has 1 aromatic carbocycles. The van der Waals surface area contributed by atoms with Crippen LogP contribution in [0.5, 0.6) is 0 Å². The third kappa shape index (κ3) is 1.90. The zero-order chi connectivity index (χ0) is 10.2. The van der Waals surface area contributed by atoms with Crippen LogP contribution in [0.25, 0.3) is 10.9 Å². The van der Waals surface area contributed by atoms with Gasteiger partial charge in [0.1, 0.15) is 0 Å². The Balaban J connectivity index is 2.35. The third-order valence-electron chi connectivity index (χ3n) is 2.07. The third-order valence-corrected chi connectivity index (χ3v) is 2.07. The summed E-state index contributed by atoms with van der Waals surface area (Å²) in [4.78, 5) is 3.21. The van der Waals surface area contributed by atoms with Gasteiger partial charge < -0.3 is 10.3 Å². The van der Waals surface area contributed by atoms with E-state index in [1.165, 1.54) is 10.9 Å². The Morgan fingerprint density at radius 1 is 1.14 bits per heavy atom. The van der Waals surface area contributed by atoms with Gasteiger partial charge in [0.05, 0.1) is 0 Å². The Bertz CT molecular complexity index is 435. The second-order valence-corrected chi connectivity index (χ2v) is 4.65. The van der Waals surface area contributed by atoms with Crippen LogP contribution in [0.4, 0.5) is 5.69 Å². The molecule has 1 heterocycles. The maximum atomic E-state index is 3.44. The van der Waals surface area contributed by atoms with Crippen molar-refractivity contribution in [1.82, 2.24) is 4.98 Å². The van der Waals surface area contributed by atoms with Crippen LogP contribution in [0.3, 0.4) is 0 Å². The van der Waals surface area contributed by atoms with Gasteiger partial charge in [-0.25, -0.2) is 0 Å². The number of H-pyrrole nitrogens is 1. The molecule has 0 unspecified atom stereocenters. The predicted molar refractivity (Wildman–Crippen MR) is 61.7 cm³/mol. The molecule has 74 valence electrons. The Hall–Kier alpha value is -1.44. The number of rotatable bonds is 1. The van der Waals surface area contributed by atoms with Gasteiger partial charge in [0.15, 0.2) is 0 Å². The van der Waals surface area contributed by atoms with Gasteiger partial charge >= 0.3 is 0 Å².